The summed E-state index contributed by atoms with van der Waals surface area (Å²) in [6, 6.07) is 7.07. The van der Waals surface area contributed by atoms with E-state index in [9.17, 15) is 9.59 Å². The third kappa shape index (κ3) is 8.65. The average molecular weight is 399 g/mol. The van der Waals surface area contributed by atoms with Gasteiger partial charge in [0.2, 0.25) is 0 Å². The minimum atomic E-state index is -0.598. The van der Waals surface area contributed by atoms with Crippen molar-refractivity contribution in [1.82, 2.24) is 0 Å². The molecule has 3 atom stereocenters. The zero-order valence-corrected chi connectivity index (χ0v) is 18.0. The lowest BCUT2D eigenvalue weighted by Gasteiger charge is -2.29. The summed E-state index contributed by atoms with van der Waals surface area (Å²) < 4.78 is 16.8. The Morgan fingerprint density at radius 3 is 2.26 bits per heavy atom. The first kappa shape index (κ1) is 23.3. The van der Waals surface area contributed by atoms with E-state index >= 15 is 0 Å². The number of benzene rings is 1. The van der Waals surface area contributed by atoms with E-state index in [4.69, 9.17) is 25.8 Å². The quantitative estimate of drug-likeness (QED) is 0.574. The molecule has 6 heteroatoms. The van der Waals surface area contributed by atoms with Crippen LogP contribution in [0.1, 0.15) is 54.9 Å². The highest BCUT2D eigenvalue weighted by atomic mass is 35.5. The Bertz CT molecular complexity index is 636. The first-order chi connectivity index (χ1) is 12.4. The molecule has 0 unspecified atom stereocenters. The summed E-state index contributed by atoms with van der Waals surface area (Å²) in [7, 11) is 0. The summed E-state index contributed by atoms with van der Waals surface area (Å²) in [5.41, 5.74) is -0.583. The maximum absolute atomic E-state index is 12.5. The topological polar surface area (TPSA) is 61.8 Å². The van der Waals surface area contributed by atoms with Crippen molar-refractivity contribution in [1.29, 1.82) is 0 Å². The van der Waals surface area contributed by atoms with Crippen LogP contribution in [0.25, 0.3) is 0 Å². The number of hydrogen-bond acceptors (Lipinski definition) is 5. The van der Waals surface area contributed by atoms with Gasteiger partial charge in [-0.1, -0.05) is 38.4 Å². The molecule has 0 heterocycles. The lowest BCUT2D eigenvalue weighted by molar-refractivity contribution is -0.167. The number of carbonyl (C=O) groups excluding carboxylic acids is 2. The van der Waals surface area contributed by atoms with Crippen LogP contribution in [0.5, 0.6) is 5.75 Å². The number of rotatable bonds is 8. The number of hydrogen-bond donors (Lipinski definition) is 0. The molecule has 1 aromatic carbocycles. The molecule has 0 fully saturated rings. The molecular weight excluding hydrogens is 368 g/mol. The molecule has 0 bridgehead atoms. The Hall–Kier alpha value is -1.75. The predicted molar refractivity (Wildman–Crippen MR) is 106 cm³/mol. The molecule has 0 aromatic heterocycles. The van der Waals surface area contributed by atoms with Crippen molar-refractivity contribution in [3.63, 3.8) is 0 Å². The van der Waals surface area contributed by atoms with E-state index in [-0.39, 0.29) is 18.4 Å². The van der Waals surface area contributed by atoms with Gasteiger partial charge in [0.25, 0.3) is 0 Å². The summed E-state index contributed by atoms with van der Waals surface area (Å²) in [6.07, 6.45) is -0.858. The van der Waals surface area contributed by atoms with Crippen LogP contribution in [0, 0.1) is 11.8 Å². The van der Waals surface area contributed by atoms with Crippen LogP contribution in [0.4, 0.5) is 0 Å². The molecule has 152 valence electrons. The minimum absolute atomic E-state index is 0.0234. The second-order valence-corrected chi connectivity index (χ2v) is 8.55. The molecule has 27 heavy (non-hydrogen) atoms. The Morgan fingerprint density at radius 1 is 1.11 bits per heavy atom. The van der Waals surface area contributed by atoms with Gasteiger partial charge >= 0.3 is 11.9 Å². The van der Waals surface area contributed by atoms with Gasteiger partial charge in [0.05, 0.1) is 12.3 Å². The fourth-order valence-electron chi connectivity index (χ4n) is 2.56. The van der Waals surface area contributed by atoms with E-state index in [1.54, 1.807) is 52.0 Å². The lowest BCUT2D eigenvalue weighted by atomic mass is 10.0. The van der Waals surface area contributed by atoms with Crippen molar-refractivity contribution < 1.29 is 23.8 Å². The van der Waals surface area contributed by atoms with Crippen LogP contribution in [0.15, 0.2) is 24.3 Å². The molecule has 1 aromatic rings. The Labute approximate surface area is 167 Å². The third-order valence-corrected chi connectivity index (χ3v) is 4.02. The van der Waals surface area contributed by atoms with E-state index in [1.807, 2.05) is 20.8 Å². The smallest absolute Gasteiger partial charge is 0.309 e. The van der Waals surface area contributed by atoms with E-state index in [2.05, 4.69) is 0 Å². The number of halogens is 1. The second-order valence-electron chi connectivity index (χ2n) is 8.12. The van der Waals surface area contributed by atoms with Gasteiger partial charge in [0, 0.05) is 5.02 Å². The largest absolute Gasteiger partial charge is 0.487 e. The fourth-order valence-corrected chi connectivity index (χ4v) is 2.74. The van der Waals surface area contributed by atoms with Crippen LogP contribution < -0.4 is 4.74 Å². The highest BCUT2D eigenvalue weighted by Crippen LogP contribution is 2.23. The maximum Gasteiger partial charge on any atom is 0.309 e. The van der Waals surface area contributed by atoms with Gasteiger partial charge in [-0.05, 0) is 51.8 Å². The van der Waals surface area contributed by atoms with Crippen LogP contribution in [-0.2, 0) is 19.1 Å². The summed E-state index contributed by atoms with van der Waals surface area (Å²) in [4.78, 5) is 24.4. The molecule has 0 spiro atoms. The van der Waals surface area contributed by atoms with Gasteiger partial charge in [-0.15, -0.1) is 0 Å². The van der Waals surface area contributed by atoms with Gasteiger partial charge < -0.3 is 14.2 Å². The third-order valence-electron chi connectivity index (χ3n) is 3.79. The molecule has 0 saturated heterocycles. The highest BCUT2D eigenvalue weighted by Gasteiger charge is 2.30. The van der Waals surface area contributed by atoms with Crippen molar-refractivity contribution in [2.75, 3.05) is 0 Å². The van der Waals surface area contributed by atoms with Crippen LogP contribution in [0.3, 0.4) is 0 Å². The summed E-state index contributed by atoms with van der Waals surface area (Å²) in [6.45, 7) is 12.8. The second kappa shape index (κ2) is 9.98. The monoisotopic (exact) mass is 398 g/mol. The number of ether oxygens (including phenoxy) is 3. The van der Waals surface area contributed by atoms with Crippen molar-refractivity contribution >= 4 is 23.5 Å². The maximum atomic E-state index is 12.5. The summed E-state index contributed by atoms with van der Waals surface area (Å²) >= 11 is 5.98. The summed E-state index contributed by atoms with van der Waals surface area (Å²) in [5.74, 6) is -0.813. The molecule has 0 aliphatic carbocycles. The zero-order chi connectivity index (χ0) is 20.8. The normalized spacial score (nSPS) is 15.0. The van der Waals surface area contributed by atoms with Crippen molar-refractivity contribution in [2.45, 2.75) is 72.7 Å². The van der Waals surface area contributed by atoms with Gasteiger partial charge in [0.1, 0.15) is 23.6 Å². The molecular formula is C21H31ClO5. The van der Waals surface area contributed by atoms with Crippen molar-refractivity contribution in [3.8, 4) is 5.75 Å². The lowest BCUT2D eigenvalue weighted by Crippen LogP contribution is -2.39. The van der Waals surface area contributed by atoms with Gasteiger partial charge in [-0.2, -0.15) is 0 Å². The number of carbonyl (C=O) groups is 2. The average Bonchev–Trinajstić information content (AvgIpc) is 2.49. The Morgan fingerprint density at radius 2 is 1.74 bits per heavy atom. The first-order valence-corrected chi connectivity index (χ1v) is 9.61. The first-order valence-electron chi connectivity index (χ1n) is 9.23. The van der Waals surface area contributed by atoms with Crippen LogP contribution in [0.2, 0.25) is 5.02 Å². The Kier molecular flexibility index (Phi) is 8.60. The zero-order valence-electron chi connectivity index (χ0n) is 17.2. The van der Waals surface area contributed by atoms with E-state index in [0.29, 0.717) is 10.8 Å². The minimum Gasteiger partial charge on any atom is -0.487 e. The highest BCUT2D eigenvalue weighted by molar-refractivity contribution is 6.30. The molecule has 0 saturated carbocycles. The van der Waals surface area contributed by atoms with Gasteiger partial charge in [0.15, 0.2) is 0 Å². The van der Waals surface area contributed by atoms with E-state index < -0.39 is 29.6 Å². The molecule has 0 radical (unpaired) electrons. The van der Waals surface area contributed by atoms with Crippen molar-refractivity contribution in [3.05, 3.63) is 29.3 Å². The van der Waals surface area contributed by atoms with Gasteiger partial charge in [-0.3, -0.25) is 9.59 Å². The van der Waals surface area contributed by atoms with Gasteiger partial charge in [-0.25, -0.2) is 0 Å². The molecule has 0 aliphatic heterocycles. The molecule has 0 amide bonds. The van der Waals surface area contributed by atoms with Crippen molar-refractivity contribution in [2.24, 2.45) is 11.8 Å². The Balaban J connectivity index is 2.69. The summed E-state index contributed by atoms with van der Waals surface area (Å²) in [5, 5.41) is 0.573. The molecule has 0 N–H and O–H groups in total. The molecule has 0 aliphatic rings. The number of esters is 2. The van der Waals surface area contributed by atoms with E-state index in [0.717, 1.165) is 0 Å². The SMILES string of the molecule is CC(C)[C@@H](OC(=O)[C@H](C)CC(=O)OC(C)(C)C)[C@H](C)Oc1cccc(Cl)c1. The van der Waals surface area contributed by atoms with Crippen LogP contribution in [-0.4, -0.2) is 29.7 Å². The van der Waals surface area contributed by atoms with Crippen LogP contribution >= 0.6 is 11.6 Å². The van der Waals surface area contributed by atoms with E-state index in [1.165, 1.54) is 0 Å². The molecule has 1 rings (SSSR count). The standard InChI is InChI=1S/C21H31ClO5/c1-13(2)19(15(4)25-17-10-8-9-16(22)12-17)26-20(24)14(3)11-18(23)27-21(5,6)7/h8-10,12-15,19H,11H2,1-7H3/t14-,15+,19-/m1/s1. The fraction of sp³-hybridized carbons (Fsp3) is 0.619. The predicted octanol–water partition coefficient (Wildman–Crippen LogP) is 5.04. The molecule has 5 nitrogen and oxygen atoms in total.